The van der Waals surface area contributed by atoms with Crippen LogP contribution >= 0.6 is 22.7 Å². The van der Waals surface area contributed by atoms with Crippen LogP contribution in [0.25, 0.3) is 10.2 Å². The molecule has 1 atom stereocenters. The highest BCUT2D eigenvalue weighted by Crippen LogP contribution is 2.34. The molecule has 130 valence electrons. The summed E-state index contributed by atoms with van der Waals surface area (Å²) in [6, 6.07) is 0. The molecule has 1 unspecified atom stereocenters. The number of carbonyl (C=O) groups excluding carboxylic acids is 1. The fourth-order valence-corrected chi connectivity index (χ4v) is 5.78. The first-order valence-corrected chi connectivity index (χ1v) is 10.1. The van der Waals surface area contributed by atoms with Gasteiger partial charge in [0.15, 0.2) is 5.13 Å². The van der Waals surface area contributed by atoms with Gasteiger partial charge in [0.1, 0.15) is 10.7 Å². The van der Waals surface area contributed by atoms with Crippen molar-refractivity contribution < 1.29 is 4.79 Å². The Kier molecular flexibility index (Phi) is 4.08. The first kappa shape index (κ1) is 16.6. The van der Waals surface area contributed by atoms with Crippen molar-refractivity contribution >= 4 is 43.9 Å². The Balaban J connectivity index is 1.65. The SMILES string of the molecule is Cc1nc(C)c2c(C)c(C(=O)Nc3nc4c(s3)CC(C)CC4)sc2n1. The van der Waals surface area contributed by atoms with E-state index in [1.807, 2.05) is 20.8 Å². The molecule has 1 aliphatic carbocycles. The van der Waals surface area contributed by atoms with E-state index in [2.05, 4.69) is 27.2 Å². The lowest BCUT2D eigenvalue weighted by molar-refractivity contribution is 0.103. The molecule has 3 aromatic rings. The van der Waals surface area contributed by atoms with E-state index < -0.39 is 0 Å². The number of fused-ring (bicyclic) bond motifs is 2. The summed E-state index contributed by atoms with van der Waals surface area (Å²) in [6.45, 7) is 8.08. The molecule has 0 saturated carbocycles. The lowest BCUT2D eigenvalue weighted by atomic mass is 9.93. The summed E-state index contributed by atoms with van der Waals surface area (Å²) in [5, 5.41) is 4.70. The second-order valence-electron chi connectivity index (χ2n) is 6.78. The Hall–Kier alpha value is -1.86. The quantitative estimate of drug-likeness (QED) is 0.721. The summed E-state index contributed by atoms with van der Waals surface area (Å²) in [4.78, 5) is 29.2. The summed E-state index contributed by atoms with van der Waals surface area (Å²) in [5.74, 6) is 1.34. The van der Waals surface area contributed by atoms with Crippen LogP contribution in [-0.4, -0.2) is 20.9 Å². The highest BCUT2D eigenvalue weighted by molar-refractivity contribution is 7.21. The maximum atomic E-state index is 12.8. The number of rotatable bonds is 2. The molecule has 0 bridgehead atoms. The molecule has 5 nitrogen and oxygen atoms in total. The molecule has 0 saturated heterocycles. The minimum atomic E-state index is -0.100. The van der Waals surface area contributed by atoms with Gasteiger partial charge in [-0.1, -0.05) is 6.92 Å². The lowest BCUT2D eigenvalue weighted by Crippen LogP contribution is -2.11. The number of nitrogens with one attached hydrogen (secondary N) is 1. The number of anilines is 1. The normalized spacial score (nSPS) is 16.9. The predicted molar refractivity (Wildman–Crippen MR) is 103 cm³/mol. The Morgan fingerprint density at radius 2 is 1.96 bits per heavy atom. The molecule has 0 aliphatic heterocycles. The monoisotopic (exact) mass is 372 g/mol. The predicted octanol–water partition coefficient (Wildman–Crippen LogP) is 4.45. The minimum Gasteiger partial charge on any atom is -0.297 e. The highest BCUT2D eigenvalue weighted by Gasteiger charge is 2.23. The van der Waals surface area contributed by atoms with E-state index in [1.165, 1.54) is 22.6 Å². The van der Waals surface area contributed by atoms with Gasteiger partial charge in [-0.2, -0.15) is 0 Å². The molecule has 3 heterocycles. The average Bonchev–Trinajstić information content (AvgIpc) is 3.07. The second-order valence-corrected chi connectivity index (χ2v) is 8.87. The van der Waals surface area contributed by atoms with Gasteiger partial charge in [0.2, 0.25) is 0 Å². The van der Waals surface area contributed by atoms with Crippen LogP contribution in [0, 0.1) is 26.7 Å². The molecule has 1 amide bonds. The smallest absolute Gasteiger partial charge is 0.267 e. The third-order valence-electron chi connectivity index (χ3n) is 4.70. The van der Waals surface area contributed by atoms with Crippen molar-refractivity contribution in [3.63, 3.8) is 0 Å². The van der Waals surface area contributed by atoms with Crippen molar-refractivity contribution in [2.24, 2.45) is 5.92 Å². The van der Waals surface area contributed by atoms with Crippen molar-refractivity contribution in [1.29, 1.82) is 0 Å². The van der Waals surface area contributed by atoms with E-state index in [4.69, 9.17) is 0 Å². The number of aryl methyl sites for hydroxylation is 4. The Labute approximate surface area is 154 Å². The van der Waals surface area contributed by atoms with E-state index >= 15 is 0 Å². The zero-order valence-electron chi connectivity index (χ0n) is 14.8. The number of nitrogens with zero attached hydrogens (tertiary/aromatic N) is 3. The summed E-state index contributed by atoms with van der Waals surface area (Å²) in [6.07, 6.45) is 3.26. The van der Waals surface area contributed by atoms with Crippen LogP contribution in [0.3, 0.4) is 0 Å². The summed E-state index contributed by atoms with van der Waals surface area (Å²) in [5.41, 5.74) is 3.03. The van der Waals surface area contributed by atoms with Gasteiger partial charge in [-0.25, -0.2) is 15.0 Å². The molecule has 1 N–H and O–H groups in total. The van der Waals surface area contributed by atoms with Crippen LogP contribution in [0.1, 0.15) is 50.7 Å². The molecule has 0 aromatic carbocycles. The molecule has 7 heteroatoms. The van der Waals surface area contributed by atoms with Crippen LogP contribution in [0.2, 0.25) is 0 Å². The average molecular weight is 373 g/mol. The molecule has 0 fully saturated rings. The van der Waals surface area contributed by atoms with Gasteiger partial charge in [0.25, 0.3) is 5.91 Å². The van der Waals surface area contributed by atoms with Crippen LogP contribution in [-0.2, 0) is 12.8 Å². The Morgan fingerprint density at radius 3 is 2.76 bits per heavy atom. The zero-order valence-corrected chi connectivity index (χ0v) is 16.4. The molecule has 4 rings (SSSR count). The number of hydrogen-bond donors (Lipinski definition) is 1. The number of thiophene rings is 1. The highest BCUT2D eigenvalue weighted by atomic mass is 32.1. The minimum absolute atomic E-state index is 0.100. The lowest BCUT2D eigenvalue weighted by Gasteiger charge is -2.15. The van der Waals surface area contributed by atoms with Crippen LogP contribution < -0.4 is 5.32 Å². The summed E-state index contributed by atoms with van der Waals surface area (Å²) >= 11 is 3.04. The fraction of sp³-hybridized carbons (Fsp3) is 0.444. The fourth-order valence-electron chi connectivity index (χ4n) is 3.44. The Bertz CT molecular complexity index is 989. The molecule has 25 heavy (non-hydrogen) atoms. The van der Waals surface area contributed by atoms with E-state index in [-0.39, 0.29) is 5.91 Å². The molecule has 1 aliphatic rings. The number of hydrogen-bond acceptors (Lipinski definition) is 6. The standard InChI is InChI=1S/C18H20N4OS2/c1-8-5-6-12-13(7-8)24-18(21-12)22-16(23)15-9(2)14-10(3)19-11(4)20-17(14)25-15/h8H,5-7H2,1-4H3,(H,21,22,23). The van der Waals surface area contributed by atoms with Crippen molar-refractivity contribution in [2.75, 3.05) is 5.32 Å². The van der Waals surface area contributed by atoms with Crippen molar-refractivity contribution in [2.45, 2.75) is 47.0 Å². The van der Waals surface area contributed by atoms with Crippen molar-refractivity contribution in [1.82, 2.24) is 15.0 Å². The summed E-state index contributed by atoms with van der Waals surface area (Å²) < 4.78 is 0. The van der Waals surface area contributed by atoms with E-state index in [0.29, 0.717) is 15.9 Å². The number of carbonyl (C=O) groups is 1. The number of aromatic nitrogens is 3. The molecule has 3 aromatic heterocycles. The third-order valence-corrected chi connectivity index (χ3v) is 6.92. The summed E-state index contributed by atoms with van der Waals surface area (Å²) in [7, 11) is 0. The number of thiazole rings is 1. The maximum Gasteiger partial charge on any atom is 0.267 e. The van der Waals surface area contributed by atoms with Gasteiger partial charge in [-0.3, -0.25) is 10.1 Å². The maximum absolute atomic E-state index is 12.8. The first-order valence-electron chi connectivity index (χ1n) is 8.46. The van der Waals surface area contributed by atoms with Gasteiger partial charge >= 0.3 is 0 Å². The van der Waals surface area contributed by atoms with Gasteiger partial charge < -0.3 is 0 Å². The van der Waals surface area contributed by atoms with Crippen LogP contribution in [0.15, 0.2) is 0 Å². The molecule has 0 radical (unpaired) electrons. The van der Waals surface area contributed by atoms with Crippen molar-refractivity contribution in [3.05, 3.63) is 32.5 Å². The zero-order chi connectivity index (χ0) is 17.7. The van der Waals surface area contributed by atoms with E-state index in [1.54, 1.807) is 11.3 Å². The van der Waals surface area contributed by atoms with Gasteiger partial charge in [-0.15, -0.1) is 22.7 Å². The number of amides is 1. The van der Waals surface area contributed by atoms with E-state index in [0.717, 1.165) is 45.8 Å². The van der Waals surface area contributed by atoms with Crippen molar-refractivity contribution in [3.8, 4) is 0 Å². The second kappa shape index (κ2) is 6.14. The molecule has 0 spiro atoms. The Morgan fingerprint density at radius 1 is 1.16 bits per heavy atom. The topological polar surface area (TPSA) is 67.8 Å². The van der Waals surface area contributed by atoms with Gasteiger partial charge in [0.05, 0.1) is 10.6 Å². The van der Waals surface area contributed by atoms with Gasteiger partial charge in [0, 0.05) is 16.0 Å². The first-order chi connectivity index (χ1) is 11.9. The van der Waals surface area contributed by atoms with Crippen LogP contribution in [0.5, 0.6) is 0 Å². The van der Waals surface area contributed by atoms with Crippen LogP contribution in [0.4, 0.5) is 5.13 Å². The molecular formula is C18H20N4OS2. The van der Waals surface area contributed by atoms with E-state index in [9.17, 15) is 4.79 Å². The van der Waals surface area contributed by atoms with Gasteiger partial charge in [-0.05, 0) is 51.5 Å². The molecular weight excluding hydrogens is 352 g/mol. The third kappa shape index (κ3) is 2.95. The largest absolute Gasteiger partial charge is 0.297 e.